The van der Waals surface area contributed by atoms with Crippen LogP contribution in [0.2, 0.25) is 0 Å². The average Bonchev–Trinajstić information content (AvgIpc) is 2.77. The minimum atomic E-state index is -1.50. The van der Waals surface area contributed by atoms with Gasteiger partial charge in [0.05, 0.1) is 5.69 Å². The summed E-state index contributed by atoms with van der Waals surface area (Å²) >= 11 is 0. The lowest BCUT2D eigenvalue weighted by molar-refractivity contribution is -0.162. The zero-order chi connectivity index (χ0) is 27.3. The maximum atomic E-state index is 13.8. The van der Waals surface area contributed by atoms with Gasteiger partial charge in [0.1, 0.15) is 0 Å². The van der Waals surface area contributed by atoms with E-state index in [-0.39, 0.29) is 22.4 Å². The Morgan fingerprint density at radius 2 is 1.38 bits per heavy atom. The molecular weight excluding hydrogens is 460 g/mol. The van der Waals surface area contributed by atoms with Crippen LogP contribution < -0.4 is 5.32 Å². The summed E-state index contributed by atoms with van der Waals surface area (Å²) in [7, 11) is 0. The van der Waals surface area contributed by atoms with E-state index < -0.39 is 22.4 Å². The van der Waals surface area contributed by atoms with Crippen LogP contribution >= 0.6 is 0 Å². The van der Waals surface area contributed by atoms with Crippen molar-refractivity contribution in [2.75, 3.05) is 5.32 Å². The molecule has 2 aromatic carbocycles. The number of nitrogens with one attached hydrogen (secondary N) is 1. The molecule has 0 aromatic heterocycles. The molecular formula is C32H38N2O3. The van der Waals surface area contributed by atoms with Crippen LogP contribution in [0, 0.1) is 0 Å². The average molecular weight is 499 g/mol. The molecule has 3 aliphatic rings. The zero-order valence-corrected chi connectivity index (χ0v) is 23.7. The van der Waals surface area contributed by atoms with Crippen LogP contribution in [0.1, 0.15) is 91.5 Å². The predicted octanol–water partition coefficient (Wildman–Crippen LogP) is 6.80. The number of amides is 1. The minimum Gasteiger partial charge on any atom is -0.439 e. The van der Waals surface area contributed by atoms with Crippen LogP contribution in [-0.2, 0) is 36.0 Å². The van der Waals surface area contributed by atoms with Gasteiger partial charge in [-0.2, -0.15) is 0 Å². The van der Waals surface area contributed by atoms with Crippen molar-refractivity contribution >= 4 is 29.0 Å². The number of anilines is 1. The lowest BCUT2D eigenvalue weighted by atomic mass is 9.61. The number of nitrogens with zero attached hydrogens (tertiary/aromatic N) is 1. The third-order valence-corrected chi connectivity index (χ3v) is 8.56. The number of carbonyl (C=O) groups excluding carboxylic acids is 2. The standard InChI is InChI=1S/C32H38N2O3/c1-28(2,3)18-11-13-23-20(15-18)30(7,8)22-17-32(37-26(35)25(22)33-23)27(36)34-24-14-12-19(29(4,5)6)16-21(24)31(32,9)10/h11-17H,1-10H3,(H,34,36)/t32-/m0/s1. The van der Waals surface area contributed by atoms with Gasteiger partial charge >= 0.3 is 5.97 Å². The normalized spacial score (nSPS) is 23.7. The number of esters is 1. The number of benzene rings is 2. The lowest BCUT2D eigenvalue weighted by Gasteiger charge is -2.50. The molecule has 0 saturated heterocycles. The Hall–Kier alpha value is -3.21. The molecule has 0 radical (unpaired) electrons. The van der Waals surface area contributed by atoms with Gasteiger partial charge in [-0.3, -0.25) is 4.79 Å². The molecule has 0 aliphatic carbocycles. The maximum absolute atomic E-state index is 13.8. The molecule has 5 nitrogen and oxygen atoms in total. The summed E-state index contributed by atoms with van der Waals surface area (Å²) in [6.45, 7) is 21.2. The second-order valence-electron chi connectivity index (χ2n) is 13.8. The molecule has 0 saturated carbocycles. The molecule has 1 N–H and O–H groups in total. The highest BCUT2D eigenvalue weighted by atomic mass is 16.6. The minimum absolute atomic E-state index is 0.0318. The molecule has 1 spiro atoms. The van der Waals surface area contributed by atoms with Gasteiger partial charge in [0.25, 0.3) is 5.91 Å². The SMILES string of the molecule is CC(C)(C)c1ccc2c(c1)C(C)(C)C1=C[C@]3(OC(=O)C1=N2)C(=O)Nc1ccc(C(C)(C)C)cc1C3(C)C. The molecule has 0 fully saturated rings. The van der Waals surface area contributed by atoms with Crippen molar-refractivity contribution in [3.63, 3.8) is 0 Å². The van der Waals surface area contributed by atoms with Crippen molar-refractivity contribution in [3.05, 3.63) is 70.3 Å². The number of ether oxygens (including phenoxy) is 1. The molecule has 5 rings (SSSR count). The fourth-order valence-corrected chi connectivity index (χ4v) is 5.81. The number of hydrogen-bond acceptors (Lipinski definition) is 4. The first-order valence-electron chi connectivity index (χ1n) is 13.1. The molecule has 0 bridgehead atoms. The van der Waals surface area contributed by atoms with E-state index in [1.54, 1.807) is 0 Å². The Morgan fingerprint density at radius 3 is 1.97 bits per heavy atom. The van der Waals surface area contributed by atoms with Gasteiger partial charge in [-0.05, 0) is 56.9 Å². The van der Waals surface area contributed by atoms with Gasteiger partial charge in [0, 0.05) is 16.5 Å². The van der Waals surface area contributed by atoms with Crippen LogP contribution in [0.4, 0.5) is 11.4 Å². The Balaban J connectivity index is 1.73. The van der Waals surface area contributed by atoms with Crippen LogP contribution in [0.25, 0.3) is 0 Å². The summed E-state index contributed by atoms with van der Waals surface area (Å²) in [4.78, 5) is 32.2. The first-order valence-corrected chi connectivity index (χ1v) is 13.1. The maximum Gasteiger partial charge on any atom is 0.358 e. The van der Waals surface area contributed by atoms with Crippen LogP contribution in [-0.4, -0.2) is 23.2 Å². The van der Waals surface area contributed by atoms with Crippen molar-refractivity contribution in [1.82, 2.24) is 0 Å². The Morgan fingerprint density at radius 1 is 0.811 bits per heavy atom. The van der Waals surface area contributed by atoms with Gasteiger partial charge in [-0.15, -0.1) is 0 Å². The molecule has 1 amide bonds. The highest BCUT2D eigenvalue weighted by molar-refractivity contribution is 6.46. The highest BCUT2D eigenvalue weighted by Crippen LogP contribution is 2.53. The number of carbonyl (C=O) groups is 2. The third-order valence-electron chi connectivity index (χ3n) is 8.56. The monoisotopic (exact) mass is 498 g/mol. The van der Waals surface area contributed by atoms with E-state index in [9.17, 15) is 9.59 Å². The summed E-state index contributed by atoms with van der Waals surface area (Å²) in [6, 6.07) is 12.4. The molecule has 1 atom stereocenters. The smallest absolute Gasteiger partial charge is 0.358 e. The van der Waals surface area contributed by atoms with Gasteiger partial charge in [0.2, 0.25) is 5.60 Å². The number of hydrogen-bond donors (Lipinski definition) is 1. The first kappa shape index (κ1) is 25.4. The molecule has 2 aromatic rings. The zero-order valence-electron chi connectivity index (χ0n) is 23.7. The summed E-state index contributed by atoms with van der Waals surface area (Å²) in [5, 5.41) is 3.05. The lowest BCUT2D eigenvalue weighted by Crippen LogP contribution is -2.63. The fraction of sp³-hybridized carbons (Fsp3) is 0.469. The Labute approximate surface area is 220 Å². The fourth-order valence-electron chi connectivity index (χ4n) is 5.81. The van der Waals surface area contributed by atoms with Crippen molar-refractivity contribution in [2.45, 2.75) is 96.5 Å². The molecule has 5 heteroatoms. The van der Waals surface area contributed by atoms with E-state index in [0.29, 0.717) is 0 Å². The van der Waals surface area contributed by atoms with E-state index in [1.807, 2.05) is 32.1 Å². The van der Waals surface area contributed by atoms with Crippen LogP contribution in [0.5, 0.6) is 0 Å². The van der Waals surface area contributed by atoms with Gasteiger partial charge in [0.15, 0.2) is 5.71 Å². The van der Waals surface area contributed by atoms with E-state index in [1.165, 1.54) is 5.56 Å². The predicted molar refractivity (Wildman–Crippen MR) is 149 cm³/mol. The Bertz CT molecular complexity index is 1430. The van der Waals surface area contributed by atoms with E-state index >= 15 is 0 Å². The van der Waals surface area contributed by atoms with E-state index in [2.05, 4.69) is 85.0 Å². The Kier molecular flexibility index (Phi) is 5.11. The van der Waals surface area contributed by atoms with Crippen molar-refractivity contribution < 1.29 is 14.3 Å². The van der Waals surface area contributed by atoms with Crippen LogP contribution in [0.3, 0.4) is 0 Å². The first-order chi connectivity index (χ1) is 16.9. The number of aliphatic imine (C=N–C) groups is 1. The number of fused-ring (bicyclic) bond motifs is 3. The molecule has 37 heavy (non-hydrogen) atoms. The van der Waals surface area contributed by atoms with Crippen molar-refractivity contribution in [1.29, 1.82) is 0 Å². The van der Waals surface area contributed by atoms with Crippen molar-refractivity contribution in [2.24, 2.45) is 4.99 Å². The van der Waals surface area contributed by atoms with Gasteiger partial charge < -0.3 is 10.1 Å². The largest absolute Gasteiger partial charge is 0.439 e. The third kappa shape index (κ3) is 3.53. The number of rotatable bonds is 0. The highest BCUT2D eigenvalue weighted by Gasteiger charge is 2.61. The molecule has 194 valence electrons. The summed E-state index contributed by atoms with van der Waals surface area (Å²) in [6.07, 6.45) is 1.88. The van der Waals surface area contributed by atoms with Gasteiger partial charge in [-0.1, -0.05) is 93.5 Å². The van der Waals surface area contributed by atoms with Crippen LogP contribution in [0.15, 0.2) is 53.0 Å². The summed E-state index contributed by atoms with van der Waals surface area (Å²) in [5.74, 6) is -0.895. The van der Waals surface area contributed by atoms with E-state index in [4.69, 9.17) is 9.73 Å². The van der Waals surface area contributed by atoms with Gasteiger partial charge in [-0.25, -0.2) is 9.79 Å². The summed E-state index contributed by atoms with van der Waals surface area (Å²) in [5.41, 5.74) is 3.93. The molecule has 0 unspecified atom stereocenters. The van der Waals surface area contributed by atoms with Crippen molar-refractivity contribution in [3.8, 4) is 0 Å². The molecule has 3 aliphatic heterocycles. The summed E-state index contributed by atoms with van der Waals surface area (Å²) < 4.78 is 6.12. The second kappa shape index (κ2) is 7.43. The molecule has 3 heterocycles. The van der Waals surface area contributed by atoms with E-state index in [0.717, 1.165) is 33.6 Å². The second-order valence-corrected chi connectivity index (χ2v) is 13.8. The topological polar surface area (TPSA) is 67.8 Å². The quantitative estimate of drug-likeness (QED) is 0.406.